The second-order valence-corrected chi connectivity index (χ2v) is 4.10. The summed E-state index contributed by atoms with van der Waals surface area (Å²) in [6.45, 7) is 2.09. The van der Waals surface area contributed by atoms with Crippen molar-refractivity contribution in [2.45, 2.75) is 13.3 Å². The van der Waals surface area contributed by atoms with Gasteiger partial charge >= 0.3 is 0 Å². The molecule has 2 rings (SSSR count). The Hall–Kier alpha value is -2.33. The van der Waals surface area contributed by atoms with Crippen LogP contribution in [0.15, 0.2) is 48.5 Å². The number of rotatable bonds is 3. The van der Waals surface area contributed by atoms with Gasteiger partial charge in [-0.25, -0.2) is 0 Å². The molecule has 2 aromatic rings. The minimum atomic E-state index is 0.0289. The van der Waals surface area contributed by atoms with E-state index in [9.17, 15) is 4.79 Å². The molecule has 18 heavy (non-hydrogen) atoms. The maximum atomic E-state index is 12.2. The lowest BCUT2D eigenvalue weighted by molar-refractivity contribution is 0.103. The standard InChI is InChI=1S/C17H14O/c1-3-13-5-9-15(10-6-13)17(18)16-11-7-14(4-2)8-12-16/h1,5-12H,4H2,2H3. The van der Waals surface area contributed by atoms with E-state index in [4.69, 9.17) is 6.42 Å². The Morgan fingerprint density at radius 3 is 1.94 bits per heavy atom. The highest BCUT2D eigenvalue weighted by molar-refractivity contribution is 6.09. The van der Waals surface area contributed by atoms with E-state index >= 15 is 0 Å². The number of terminal acetylenes is 1. The zero-order chi connectivity index (χ0) is 13.0. The Labute approximate surface area is 107 Å². The van der Waals surface area contributed by atoms with Crippen molar-refractivity contribution in [2.24, 2.45) is 0 Å². The van der Waals surface area contributed by atoms with Crippen LogP contribution in [-0.4, -0.2) is 5.78 Å². The van der Waals surface area contributed by atoms with Crippen LogP contribution in [0.1, 0.15) is 34.0 Å². The van der Waals surface area contributed by atoms with Crippen LogP contribution < -0.4 is 0 Å². The van der Waals surface area contributed by atoms with Gasteiger partial charge in [-0.15, -0.1) is 6.42 Å². The Balaban J connectivity index is 2.26. The normalized spacial score (nSPS) is 9.78. The van der Waals surface area contributed by atoms with Crippen molar-refractivity contribution in [3.63, 3.8) is 0 Å². The molecule has 0 saturated heterocycles. The zero-order valence-corrected chi connectivity index (χ0v) is 10.3. The number of hydrogen-bond acceptors (Lipinski definition) is 1. The summed E-state index contributed by atoms with van der Waals surface area (Å²) in [5.41, 5.74) is 3.39. The average Bonchev–Trinajstić information content (AvgIpc) is 2.47. The number of aryl methyl sites for hydroxylation is 1. The average molecular weight is 234 g/mol. The van der Waals surface area contributed by atoms with Gasteiger partial charge < -0.3 is 0 Å². The predicted octanol–water partition coefficient (Wildman–Crippen LogP) is 3.46. The van der Waals surface area contributed by atoms with E-state index in [1.807, 2.05) is 24.3 Å². The predicted molar refractivity (Wildman–Crippen MR) is 73.6 cm³/mol. The fourth-order valence-corrected chi connectivity index (χ4v) is 1.78. The van der Waals surface area contributed by atoms with Crippen LogP contribution in [0.3, 0.4) is 0 Å². The molecule has 0 aliphatic rings. The van der Waals surface area contributed by atoms with E-state index in [0.717, 1.165) is 12.0 Å². The number of carbonyl (C=O) groups excluding carboxylic acids is 1. The minimum Gasteiger partial charge on any atom is -0.289 e. The maximum absolute atomic E-state index is 12.2. The first-order valence-corrected chi connectivity index (χ1v) is 5.95. The molecule has 0 aliphatic carbocycles. The van der Waals surface area contributed by atoms with E-state index in [0.29, 0.717) is 11.1 Å². The summed E-state index contributed by atoms with van der Waals surface area (Å²) in [5.74, 6) is 2.57. The van der Waals surface area contributed by atoms with Crippen molar-refractivity contribution in [3.05, 3.63) is 70.8 Å². The lowest BCUT2D eigenvalue weighted by Gasteiger charge is -2.03. The summed E-state index contributed by atoms with van der Waals surface area (Å²) >= 11 is 0. The molecule has 0 N–H and O–H groups in total. The van der Waals surface area contributed by atoms with E-state index in [1.165, 1.54) is 5.56 Å². The van der Waals surface area contributed by atoms with Crippen LogP contribution in [0, 0.1) is 12.3 Å². The summed E-state index contributed by atoms with van der Waals surface area (Å²) in [4.78, 5) is 12.2. The Morgan fingerprint density at radius 2 is 1.50 bits per heavy atom. The summed E-state index contributed by atoms with van der Waals surface area (Å²) in [5, 5.41) is 0. The quantitative estimate of drug-likeness (QED) is 0.587. The third-order valence-corrected chi connectivity index (χ3v) is 2.94. The molecule has 88 valence electrons. The molecular formula is C17H14O. The molecule has 0 aliphatic heterocycles. The fraction of sp³-hybridized carbons (Fsp3) is 0.118. The summed E-state index contributed by atoms with van der Waals surface area (Å²) in [7, 11) is 0. The number of benzene rings is 2. The highest BCUT2D eigenvalue weighted by atomic mass is 16.1. The molecule has 1 nitrogen and oxygen atoms in total. The van der Waals surface area contributed by atoms with Gasteiger partial charge in [0, 0.05) is 16.7 Å². The Bertz CT molecular complexity index is 583. The van der Waals surface area contributed by atoms with Crippen molar-refractivity contribution in [1.82, 2.24) is 0 Å². The molecule has 0 unspecified atom stereocenters. The fourth-order valence-electron chi connectivity index (χ4n) is 1.78. The number of carbonyl (C=O) groups is 1. The molecule has 0 fully saturated rings. The van der Waals surface area contributed by atoms with Gasteiger partial charge in [0.25, 0.3) is 0 Å². The molecule has 0 aromatic heterocycles. The Kier molecular flexibility index (Phi) is 3.60. The molecule has 0 spiro atoms. The first-order valence-electron chi connectivity index (χ1n) is 5.95. The van der Waals surface area contributed by atoms with Crippen LogP contribution >= 0.6 is 0 Å². The largest absolute Gasteiger partial charge is 0.289 e. The van der Waals surface area contributed by atoms with Crippen LogP contribution in [0.4, 0.5) is 0 Å². The lowest BCUT2D eigenvalue weighted by Crippen LogP contribution is -2.01. The van der Waals surface area contributed by atoms with Crippen molar-refractivity contribution in [2.75, 3.05) is 0 Å². The third kappa shape index (κ3) is 2.49. The Morgan fingerprint density at radius 1 is 1.00 bits per heavy atom. The van der Waals surface area contributed by atoms with Gasteiger partial charge in [0.05, 0.1) is 0 Å². The van der Waals surface area contributed by atoms with Gasteiger partial charge in [-0.05, 0) is 36.2 Å². The summed E-state index contributed by atoms with van der Waals surface area (Å²) in [6, 6.07) is 14.8. The third-order valence-electron chi connectivity index (χ3n) is 2.94. The minimum absolute atomic E-state index is 0.0289. The van der Waals surface area contributed by atoms with Crippen molar-refractivity contribution in [3.8, 4) is 12.3 Å². The molecule has 0 radical (unpaired) electrons. The van der Waals surface area contributed by atoms with Crippen molar-refractivity contribution in [1.29, 1.82) is 0 Å². The van der Waals surface area contributed by atoms with Crippen LogP contribution in [0.2, 0.25) is 0 Å². The lowest BCUT2D eigenvalue weighted by atomic mass is 10.0. The molecule has 0 atom stereocenters. The summed E-state index contributed by atoms with van der Waals surface area (Å²) in [6.07, 6.45) is 6.26. The van der Waals surface area contributed by atoms with Gasteiger partial charge in [-0.1, -0.05) is 37.1 Å². The molecule has 0 amide bonds. The summed E-state index contributed by atoms with van der Waals surface area (Å²) < 4.78 is 0. The first kappa shape index (κ1) is 12.1. The second-order valence-electron chi connectivity index (χ2n) is 4.10. The van der Waals surface area contributed by atoms with Crippen LogP contribution in [-0.2, 0) is 6.42 Å². The van der Waals surface area contributed by atoms with Gasteiger partial charge in [0.15, 0.2) is 5.78 Å². The molecular weight excluding hydrogens is 220 g/mol. The highest BCUT2D eigenvalue weighted by Crippen LogP contribution is 2.12. The van der Waals surface area contributed by atoms with E-state index in [1.54, 1.807) is 24.3 Å². The van der Waals surface area contributed by atoms with E-state index in [-0.39, 0.29) is 5.78 Å². The highest BCUT2D eigenvalue weighted by Gasteiger charge is 2.08. The first-order chi connectivity index (χ1) is 8.74. The van der Waals surface area contributed by atoms with Gasteiger partial charge in [0.2, 0.25) is 0 Å². The van der Waals surface area contributed by atoms with Crippen molar-refractivity contribution < 1.29 is 4.79 Å². The van der Waals surface area contributed by atoms with Gasteiger partial charge in [0.1, 0.15) is 0 Å². The SMILES string of the molecule is C#Cc1ccc(C(=O)c2ccc(CC)cc2)cc1. The monoisotopic (exact) mass is 234 g/mol. The van der Waals surface area contributed by atoms with Gasteiger partial charge in [-0.2, -0.15) is 0 Å². The smallest absolute Gasteiger partial charge is 0.193 e. The number of ketones is 1. The molecule has 1 heteroatoms. The van der Waals surface area contributed by atoms with Crippen LogP contribution in [0.25, 0.3) is 0 Å². The van der Waals surface area contributed by atoms with Crippen LogP contribution in [0.5, 0.6) is 0 Å². The topological polar surface area (TPSA) is 17.1 Å². The van der Waals surface area contributed by atoms with E-state index in [2.05, 4.69) is 12.8 Å². The molecule has 0 heterocycles. The maximum Gasteiger partial charge on any atom is 0.193 e. The molecule has 0 bridgehead atoms. The molecule has 0 saturated carbocycles. The van der Waals surface area contributed by atoms with E-state index < -0.39 is 0 Å². The van der Waals surface area contributed by atoms with Gasteiger partial charge in [-0.3, -0.25) is 4.79 Å². The zero-order valence-electron chi connectivity index (χ0n) is 10.3. The number of hydrogen-bond donors (Lipinski definition) is 0. The molecule has 2 aromatic carbocycles. The second kappa shape index (κ2) is 5.33. The van der Waals surface area contributed by atoms with Crippen molar-refractivity contribution >= 4 is 5.78 Å².